The lowest BCUT2D eigenvalue weighted by atomic mass is 10.1. The number of nitrogens with zero attached hydrogens (tertiary/aromatic N) is 1. The van der Waals surface area contributed by atoms with Gasteiger partial charge in [0.25, 0.3) is 5.91 Å². The van der Waals surface area contributed by atoms with Gasteiger partial charge < -0.3 is 10.2 Å². The van der Waals surface area contributed by atoms with Crippen LogP contribution in [0.25, 0.3) is 0 Å². The van der Waals surface area contributed by atoms with E-state index >= 15 is 0 Å². The smallest absolute Gasteiger partial charge is 0.255 e. The summed E-state index contributed by atoms with van der Waals surface area (Å²) < 4.78 is 25.3. The van der Waals surface area contributed by atoms with Crippen LogP contribution in [-0.4, -0.2) is 33.0 Å². The van der Waals surface area contributed by atoms with Crippen molar-refractivity contribution in [2.45, 2.75) is 19.8 Å². The van der Waals surface area contributed by atoms with Gasteiger partial charge in [0.15, 0.2) is 0 Å². The molecule has 1 fully saturated rings. The third-order valence-electron chi connectivity index (χ3n) is 4.31. The van der Waals surface area contributed by atoms with E-state index in [0.717, 1.165) is 23.9 Å². The Morgan fingerprint density at radius 2 is 1.81 bits per heavy atom. The third-order valence-corrected chi connectivity index (χ3v) is 4.90. The van der Waals surface area contributed by atoms with E-state index in [-0.39, 0.29) is 11.8 Å². The summed E-state index contributed by atoms with van der Waals surface area (Å²) >= 11 is 0. The quantitative estimate of drug-likeness (QED) is 0.825. The minimum atomic E-state index is -3.43. The molecule has 0 bridgehead atoms. The minimum absolute atomic E-state index is 0.109. The van der Waals surface area contributed by atoms with Gasteiger partial charge in [-0.15, -0.1) is 0 Å². The molecule has 1 saturated heterocycles. The van der Waals surface area contributed by atoms with Gasteiger partial charge in [0.2, 0.25) is 15.9 Å². The van der Waals surface area contributed by atoms with E-state index in [4.69, 9.17) is 0 Å². The number of amides is 2. The Bertz CT molecular complexity index is 985. The molecular weight excluding hydrogens is 366 g/mol. The van der Waals surface area contributed by atoms with E-state index in [1.165, 1.54) is 6.07 Å². The van der Waals surface area contributed by atoms with Crippen molar-refractivity contribution in [3.05, 3.63) is 53.6 Å². The van der Waals surface area contributed by atoms with Crippen molar-refractivity contribution in [2.75, 3.05) is 27.7 Å². The van der Waals surface area contributed by atoms with Crippen LogP contribution in [-0.2, 0) is 14.8 Å². The largest absolute Gasteiger partial charge is 0.322 e. The average Bonchev–Trinajstić information content (AvgIpc) is 3.02. The molecule has 2 aromatic carbocycles. The highest BCUT2D eigenvalue weighted by molar-refractivity contribution is 7.92. The molecule has 0 aromatic heterocycles. The van der Waals surface area contributed by atoms with Gasteiger partial charge >= 0.3 is 0 Å². The molecule has 0 atom stereocenters. The van der Waals surface area contributed by atoms with Gasteiger partial charge in [-0.05, 0) is 55.3 Å². The molecule has 142 valence electrons. The van der Waals surface area contributed by atoms with Gasteiger partial charge in [-0.1, -0.05) is 6.07 Å². The van der Waals surface area contributed by atoms with Crippen molar-refractivity contribution in [1.29, 1.82) is 0 Å². The Hall–Kier alpha value is -2.87. The first-order chi connectivity index (χ1) is 12.7. The number of carbonyl (C=O) groups excluding carboxylic acids is 2. The molecule has 3 rings (SSSR count). The summed E-state index contributed by atoms with van der Waals surface area (Å²) in [5.74, 6) is -0.242. The average molecular weight is 387 g/mol. The summed E-state index contributed by atoms with van der Waals surface area (Å²) in [6.07, 6.45) is 2.48. The first-order valence-electron chi connectivity index (χ1n) is 8.53. The van der Waals surface area contributed by atoms with Crippen LogP contribution in [0.5, 0.6) is 0 Å². The summed E-state index contributed by atoms with van der Waals surface area (Å²) in [5.41, 5.74) is 2.83. The topological polar surface area (TPSA) is 95.6 Å². The number of hydrogen-bond acceptors (Lipinski definition) is 4. The Morgan fingerprint density at radius 3 is 2.41 bits per heavy atom. The van der Waals surface area contributed by atoms with E-state index in [9.17, 15) is 18.0 Å². The molecule has 0 radical (unpaired) electrons. The normalized spacial score (nSPS) is 14.3. The molecule has 27 heavy (non-hydrogen) atoms. The first-order valence-corrected chi connectivity index (χ1v) is 10.4. The zero-order valence-corrected chi connectivity index (χ0v) is 16.0. The maximum Gasteiger partial charge on any atom is 0.255 e. The predicted octanol–water partition coefficient (Wildman–Crippen LogP) is 2.75. The summed E-state index contributed by atoms with van der Waals surface area (Å²) in [5, 5.41) is 2.78. The van der Waals surface area contributed by atoms with E-state index < -0.39 is 10.0 Å². The first kappa shape index (κ1) is 18.9. The zero-order valence-electron chi connectivity index (χ0n) is 15.2. The number of carbonyl (C=O) groups is 2. The van der Waals surface area contributed by atoms with Crippen molar-refractivity contribution in [3.8, 4) is 0 Å². The van der Waals surface area contributed by atoms with Crippen LogP contribution in [0.15, 0.2) is 42.5 Å². The highest BCUT2D eigenvalue weighted by atomic mass is 32.2. The van der Waals surface area contributed by atoms with Gasteiger partial charge in [0.1, 0.15) is 0 Å². The Balaban J connectivity index is 1.73. The molecule has 2 amide bonds. The molecule has 1 heterocycles. The Kier molecular flexibility index (Phi) is 5.18. The molecule has 1 aliphatic heterocycles. The summed E-state index contributed by atoms with van der Waals surface area (Å²) in [7, 11) is -3.43. The fourth-order valence-corrected chi connectivity index (χ4v) is 3.54. The monoisotopic (exact) mass is 387 g/mol. The summed E-state index contributed by atoms with van der Waals surface area (Å²) in [6.45, 7) is 2.47. The maximum atomic E-state index is 12.5. The van der Waals surface area contributed by atoms with Crippen molar-refractivity contribution in [2.24, 2.45) is 0 Å². The van der Waals surface area contributed by atoms with E-state index in [0.29, 0.717) is 29.9 Å². The third kappa shape index (κ3) is 4.65. The van der Waals surface area contributed by atoms with Crippen molar-refractivity contribution in [1.82, 2.24) is 0 Å². The van der Waals surface area contributed by atoms with E-state index in [1.807, 2.05) is 0 Å². The molecular formula is C19H21N3O4S. The van der Waals surface area contributed by atoms with Gasteiger partial charge in [0, 0.05) is 29.9 Å². The fourth-order valence-electron chi connectivity index (χ4n) is 2.92. The lowest BCUT2D eigenvalue weighted by Gasteiger charge is -2.16. The predicted molar refractivity (Wildman–Crippen MR) is 106 cm³/mol. The minimum Gasteiger partial charge on any atom is -0.322 e. The Labute approximate surface area is 158 Å². The van der Waals surface area contributed by atoms with Crippen molar-refractivity contribution >= 4 is 38.9 Å². The molecule has 7 nitrogen and oxygen atoms in total. The second-order valence-corrected chi connectivity index (χ2v) is 8.30. The molecule has 0 unspecified atom stereocenters. The van der Waals surface area contributed by atoms with Gasteiger partial charge in [-0.3, -0.25) is 14.3 Å². The summed E-state index contributed by atoms with van der Waals surface area (Å²) in [4.78, 5) is 26.0. The molecule has 2 N–H and O–H groups in total. The molecule has 8 heteroatoms. The molecule has 0 spiro atoms. The molecule has 2 aromatic rings. The van der Waals surface area contributed by atoms with Gasteiger partial charge in [0.05, 0.1) is 11.9 Å². The number of aryl methyl sites for hydroxylation is 1. The second kappa shape index (κ2) is 7.40. The highest BCUT2D eigenvalue weighted by Gasteiger charge is 2.21. The van der Waals surface area contributed by atoms with Crippen LogP contribution in [0, 0.1) is 6.92 Å². The lowest BCUT2D eigenvalue weighted by Crippen LogP contribution is -2.23. The van der Waals surface area contributed by atoms with Crippen molar-refractivity contribution in [3.63, 3.8) is 0 Å². The maximum absolute atomic E-state index is 12.5. The van der Waals surface area contributed by atoms with Crippen LogP contribution < -0.4 is 14.9 Å². The number of hydrogen-bond donors (Lipinski definition) is 2. The van der Waals surface area contributed by atoms with Crippen LogP contribution in [0.4, 0.5) is 17.1 Å². The van der Waals surface area contributed by atoms with Crippen LogP contribution in [0.1, 0.15) is 28.8 Å². The lowest BCUT2D eigenvalue weighted by molar-refractivity contribution is -0.117. The van der Waals surface area contributed by atoms with Gasteiger partial charge in [-0.2, -0.15) is 0 Å². The van der Waals surface area contributed by atoms with Crippen molar-refractivity contribution < 1.29 is 18.0 Å². The second-order valence-electron chi connectivity index (χ2n) is 6.55. The fraction of sp³-hybridized carbons (Fsp3) is 0.263. The number of benzene rings is 2. The highest BCUT2D eigenvalue weighted by Crippen LogP contribution is 2.24. The molecule has 0 aliphatic carbocycles. The van der Waals surface area contributed by atoms with Crippen LogP contribution in [0.2, 0.25) is 0 Å². The molecule has 1 aliphatic rings. The van der Waals surface area contributed by atoms with E-state index in [2.05, 4.69) is 10.0 Å². The Morgan fingerprint density at radius 1 is 1.11 bits per heavy atom. The number of nitrogens with one attached hydrogen (secondary N) is 2. The van der Waals surface area contributed by atoms with E-state index in [1.54, 1.807) is 48.2 Å². The number of rotatable bonds is 5. The van der Waals surface area contributed by atoms with Crippen LogP contribution in [0.3, 0.4) is 0 Å². The summed E-state index contributed by atoms with van der Waals surface area (Å²) in [6, 6.07) is 11.9. The standard InChI is InChI=1S/C19H21N3O4S/c1-13-5-6-14(12-17(13)21-27(2,25)26)19(24)20-15-7-9-16(10-8-15)22-11-3-4-18(22)23/h5-10,12,21H,3-4,11H2,1-2H3,(H,20,24). The van der Waals surface area contributed by atoms with Crippen LogP contribution >= 0.6 is 0 Å². The SMILES string of the molecule is Cc1ccc(C(=O)Nc2ccc(N3CCCC3=O)cc2)cc1NS(C)(=O)=O. The zero-order chi connectivity index (χ0) is 19.6. The number of anilines is 3. The number of sulfonamides is 1. The van der Waals surface area contributed by atoms with Gasteiger partial charge in [-0.25, -0.2) is 8.42 Å². The molecule has 0 saturated carbocycles.